The van der Waals surface area contributed by atoms with Crippen molar-refractivity contribution >= 4 is 30.8 Å². The maximum absolute atomic E-state index is 13.3. The van der Waals surface area contributed by atoms with E-state index in [-0.39, 0.29) is 15.7 Å². The molecule has 8 nitrogen and oxygen atoms in total. The zero-order valence-electron chi connectivity index (χ0n) is 19.2. The number of aryl methyl sites for hydroxylation is 1. The monoisotopic (exact) mass is 500 g/mol. The highest BCUT2D eigenvalue weighted by molar-refractivity contribution is 7.90. The molecule has 2 heterocycles. The van der Waals surface area contributed by atoms with Crippen LogP contribution in [0.4, 0.5) is 0 Å². The van der Waals surface area contributed by atoms with Crippen LogP contribution < -0.4 is 9.44 Å². The summed E-state index contributed by atoms with van der Waals surface area (Å²) in [5.41, 5.74) is 2.52. The average molecular weight is 501 g/mol. The normalized spacial score (nSPS) is 18.5. The van der Waals surface area contributed by atoms with Crippen molar-refractivity contribution in [2.24, 2.45) is 5.92 Å². The maximum Gasteiger partial charge on any atom is 0.242 e. The van der Waals surface area contributed by atoms with Crippen LogP contribution in [0.3, 0.4) is 0 Å². The highest BCUT2D eigenvalue weighted by atomic mass is 32.2. The minimum absolute atomic E-state index is 0.0963. The molecule has 2 aliphatic carbocycles. The molecule has 2 aromatic heterocycles. The molecule has 3 aromatic rings. The molecule has 0 bridgehead atoms. The van der Waals surface area contributed by atoms with Gasteiger partial charge in [-0.25, -0.2) is 26.3 Å². The molecule has 180 valence electrons. The molecular weight excluding hydrogens is 472 g/mol. The number of fused-ring (bicyclic) bond motifs is 3. The summed E-state index contributed by atoms with van der Waals surface area (Å²) >= 11 is 0. The van der Waals surface area contributed by atoms with Gasteiger partial charge in [0.2, 0.25) is 20.0 Å². The van der Waals surface area contributed by atoms with E-state index in [1.165, 1.54) is 18.5 Å². The molecule has 0 spiro atoms. The summed E-state index contributed by atoms with van der Waals surface area (Å²) in [5, 5.41) is 1.28. The Kier molecular flexibility index (Phi) is 5.96. The van der Waals surface area contributed by atoms with Gasteiger partial charge in [-0.05, 0) is 67.0 Å². The summed E-state index contributed by atoms with van der Waals surface area (Å²) in [5.74, 6) is 0.530. The fourth-order valence-electron chi connectivity index (χ4n) is 4.50. The molecule has 10 heteroatoms. The van der Waals surface area contributed by atoms with Gasteiger partial charge in [-0.3, -0.25) is 9.97 Å². The molecular formula is C24H28N4O4S2. The van der Waals surface area contributed by atoms with Gasteiger partial charge in [0.25, 0.3) is 0 Å². The van der Waals surface area contributed by atoms with Crippen molar-refractivity contribution in [2.45, 2.75) is 61.3 Å². The van der Waals surface area contributed by atoms with Crippen LogP contribution >= 0.6 is 0 Å². The van der Waals surface area contributed by atoms with Gasteiger partial charge < -0.3 is 0 Å². The van der Waals surface area contributed by atoms with E-state index in [1.54, 1.807) is 18.3 Å². The second kappa shape index (κ2) is 8.67. The van der Waals surface area contributed by atoms with Gasteiger partial charge in [-0.15, -0.1) is 0 Å². The smallest absolute Gasteiger partial charge is 0.242 e. The number of pyridine rings is 2. The lowest BCUT2D eigenvalue weighted by molar-refractivity contribution is 0.554. The average Bonchev–Trinajstić information content (AvgIpc) is 3.59. The highest BCUT2D eigenvalue weighted by Crippen LogP contribution is 2.44. The Morgan fingerprint density at radius 1 is 1.03 bits per heavy atom. The van der Waals surface area contributed by atoms with E-state index in [9.17, 15) is 16.8 Å². The largest absolute Gasteiger partial charge is 0.263 e. The van der Waals surface area contributed by atoms with Gasteiger partial charge in [-0.1, -0.05) is 13.8 Å². The number of nitrogens with zero attached hydrogens (tertiary/aromatic N) is 2. The third-order valence-corrected chi connectivity index (χ3v) is 9.31. The summed E-state index contributed by atoms with van der Waals surface area (Å²) in [6.07, 6.45) is 7.76. The quantitative estimate of drug-likeness (QED) is 0.489. The Hall–Kier alpha value is -2.40. The van der Waals surface area contributed by atoms with Crippen molar-refractivity contribution in [3.8, 4) is 0 Å². The second-order valence-electron chi connectivity index (χ2n) is 9.52. The lowest BCUT2D eigenvalue weighted by atomic mass is 9.99. The standard InChI is InChI=1S/C24H28N4O4S2/c1-15(2)12-27-34(31,32)23-10-17-7-8-21(28-33(29,30)18-4-3-9-25-13-18)24(17)20-14-26-22(11-19(20)23)16-5-6-16/h3-4,9-11,13-16,21,27-28H,5-8,12H2,1-2H3. The van der Waals surface area contributed by atoms with E-state index >= 15 is 0 Å². The van der Waals surface area contributed by atoms with Crippen molar-refractivity contribution in [1.29, 1.82) is 0 Å². The molecule has 1 fully saturated rings. The third kappa shape index (κ3) is 4.47. The predicted molar refractivity (Wildman–Crippen MR) is 129 cm³/mol. The fourth-order valence-corrected chi connectivity index (χ4v) is 7.17. The number of hydrogen-bond donors (Lipinski definition) is 2. The molecule has 0 aliphatic heterocycles. The number of aromatic nitrogens is 2. The van der Waals surface area contributed by atoms with Crippen LogP contribution in [0.15, 0.2) is 52.6 Å². The highest BCUT2D eigenvalue weighted by Gasteiger charge is 2.33. The molecule has 1 unspecified atom stereocenters. The molecule has 1 saturated carbocycles. The number of nitrogens with one attached hydrogen (secondary N) is 2. The van der Waals surface area contributed by atoms with E-state index in [2.05, 4.69) is 19.4 Å². The van der Waals surface area contributed by atoms with Gasteiger partial charge in [0.1, 0.15) is 4.90 Å². The summed E-state index contributed by atoms with van der Waals surface area (Å²) < 4.78 is 58.1. The van der Waals surface area contributed by atoms with Crippen LogP contribution in [0.5, 0.6) is 0 Å². The molecule has 1 aromatic carbocycles. The van der Waals surface area contributed by atoms with Crippen LogP contribution in [0.2, 0.25) is 0 Å². The van der Waals surface area contributed by atoms with Crippen LogP contribution in [0, 0.1) is 5.92 Å². The first-order chi connectivity index (χ1) is 16.2. The Labute approximate surface area is 200 Å². The molecule has 5 rings (SSSR count). The predicted octanol–water partition coefficient (Wildman–Crippen LogP) is 3.41. The number of rotatable bonds is 8. The topological polar surface area (TPSA) is 118 Å². The molecule has 0 amide bonds. The van der Waals surface area contributed by atoms with Crippen LogP contribution in [-0.4, -0.2) is 33.3 Å². The van der Waals surface area contributed by atoms with Crippen molar-refractivity contribution in [3.63, 3.8) is 0 Å². The minimum Gasteiger partial charge on any atom is -0.263 e. The van der Waals surface area contributed by atoms with Crippen LogP contribution in [-0.2, 0) is 26.5 Å². The number of hydrogen-bond acceptors (Lipinski definition) is 6. The van der Waals surface area contributed by atoms with E-state index in [4.69, 9.17) is 0 Å². The first-order valence-electron chi connectivity index (χ1n) is 11.5. The summed E-state index contributed by atoms with van der Waals surface area (Å²) in [4.78, 5) is 8.88. The van der Waals surface area contributed by atoms with Gasteiger partial charge >= 0.3 is 0 Å². The minimum atomic E-state index is -3.79. The first-order valence-corrected chi connectivity index (χ1v) is 14.5. The molecule has 2 aliphatic rings. The van der Waals surface area contributed by atoms with Crippen molar-refractivity contribution in [1.82, 2.24) is 19.4 Å². The van der Waals surface area contributed by atoms with Gasteiger partial charge in [0.05, 0.1) is 4.90 Å². The van der Waals surface area contributed by atoms with E-state index in [0.717, 1.165) is 29.7 Å². The van der Waals surface area contributed by atoms with Gasteiger partial charge in [0, 0.05) is 53.6 Å². The maximum atomic E-state index is 13.3. The van der Waals surface area contributed by atoms with Crippen LogP contribution in [0.1, 0.15) is 61.9 Å². The van der Waals surface area contributed by atoms with Gasteiger partial charge in [0.15, 0.2) is 0 Å². The lowest BCUT2D eigenvalue weighted by Crippen LogP contribution is -2.29. The molecule has 0 saturated heterocycles. The number of sulfonamides is 2. The van der Waals surface area contributed by atoms with Crippen molar-refractivity contribution in [2.75, 3.05) is 6.54 Å². The number of benzene rings is 1. The zero-order valence-corrected chi connectivity index (χ0v) is 20.8. The fraction of sp³-hybridized carbons (Fsp3) is 0.417. The lowest BCUT2D eigenvalue weighted by Gasteiger charge is -2.19. The Bertz CT molecular complexity index is 1450. The molecule has 0 radical (unpaired) electrons. The summed E-state index contributed by atoms with van der Waals surface area (Å²) in [6, 6.07) is 6.20. The van der Waals surface area contributed by atoms with Gasteiger partial charge in [-0.2, -0.15) is 0 Å². The Morgan fingerprint density at radius 3 is 2.50 bits per heavy atom. The molecule has 34 heavy (non-hydrogen) atoms. The van der Waals surface area contributed by atoms with E-state index < -0.39 is 26.1 Å². The molecule has 2 N–H and O–H groups in total. The molecule has 1 atom stereocenters. The Balaban J connectivity index is 1.61. The summed E-state index contributed by atoms with van der Waals surface area (Å²) in [7, 11) is -7.53. The third-order valence-electron chi connectivity index (χ3n) is 6.39. The first kappa shape index (κ1) is 23.3. The zero-order chi connectivity index (χ0) is 24.1. The Morgan fingerprint density at radius 2 is 1.82 bits per heavy atom. The van der Waals surface area contributed by atoms with E-state index in [0.29, 0.717) is 36.1 Å². The van der Waals surface area contributed by atoms with Crippen molar-refractivity contribution < 1.29 is 16.8 Å². The SMILES string of the molecule is CC(C)CNS(=O)(=O)c1cc2c(c3cnc(C4CC4)cc13)C(NS(=O)(=O)c1cccnc1)CC2. The van der Waals surface area contributed by atoms with E-state index in [1.807, 2.05) is 19.9 Å². The second-order valence-corrected chi connectivity index (χ2v) is 13.0. The summed E-state index contributed by atoms with van der Waals surface area (Å²) in [6.45, 7) is 4.25. The van der Waals surface area contributed by atoms with Crippen LogP contribution in [0.25, 0.3) is 10.8 Å². The van der Waals surface area contributed by atoms with Crippen molar-refractivity contribution in [3.05, 3.63) is 59.7 Å².